The van der Waals surface area contributed by atoms with Gasteiger partial charge in [0.25, 0.3) is 5.89 Å². The normalized spacial score (nSPS) is 17.1. The van der Waals surface area contributed by atoms with Gasteiger partial charge < -0.3 is 9.42 Å². The molecule has 3 aromatic rings. The number of amides is 1. The molecule has 1 atom stereocenters. The zero-order valence-corrected chi connectivity index (χ0v) is 14.1. The van der Waals surface area contributed by atoms with Gasteiger partial charge in [-0.3, -0.25) is 4.79 Å². The van der Waals surface area contributed by atoms with Crippen molar-refractivity contribution in [2.75, 3.05) is 11.4 Å². The van der Waals surface area contributed by atoms with Crippen molar-refractivity contribution in [1.82, 2.24) is 10.1 Å². The highest BCUT2D eigenvalue weighted by atomic mass is 35.5. The highest BCUT2D eigenvalue weighted by molar-refractivity contribution is 6.33. The molecule has 1 saturated heterocycles. The van der Waals surface area contributed by atoms with Crippen molar-refractivity contribution >= 4 is 23.2 Å². The second-order valence-electron chi connectivity index (χ2n) is 5.96. The molecule has 0 spiro atoms. The van der Waals surface area contributed by atoms with Gasteiger partial charge in [0.1, 0.15) is 11.6 Å². The van der Waals surface area contributed by atoms with Crippen LogP contribution in [0.15, 0.2) is 47.0 Å². The van der Waals surface area contributed by atoms with E-state index in [0.29, 0.717) is 23.6 Å². The van der Waals surface area contributed by atoms with Gasteiger partial charge in [-0.25, -0.2) is 8.78 Å². The minimum absolute atomic E-state index is 0.0946. The van der Waals surface area contributed by atoms with Crippen molar-refractivity contribution < 1.29 is 18.1 Å². The largest absolute Gasteiger partial charge is 0.334 e. The van der Waals surface area contributed by atoms with E-state index < -0.39 is 5.82 Å². The first-order chi connectivity index (χ1) is 12.5. The van der Waals surface area contributed by atoms with Gasteiger partial charge in [-0.15, -0.1) is 0 Å². The van der Waals surface area contributed by atoms with Gasteiger partial charge in [0.2, 0.25) is 5.91 Å². The van der Waals surface area contributed by atoms with Gasteiger partial charge >= 0.3 is 0 Å². The Bertz CT molecular complexity index is 975. The Morgan fingerprint density at radius 2 is 1.85 bits per heavy atom. The fourth-order valence-corrected chi connectivity index (χ4v) is 3.12. The highest BCUT2D eigenvalue weighted by Crippen LogP contribution is 2.33. The lowest BCUT2D eigenvalue weighted by Gasteiger charge is -2.15. The number of nitrogens with zero attached hydrogens (tertiary/aromatic N) is 3. The van der Waals surface area contributed by atoms with E-state index in [1.54, 1.807) is 17.0 Å². The van der Waals surface area contributed by atoms with Crippen LogP contribution in [0.2, 0.25) is 5.02 Å². The van der Waals surface area contributed by atoms with E-state index >= 15 is 0 Å². The van der Waals surface area contributed by atoms with Crippen LogP contribution in [0, 0.1) is 11.6 Å². The number of benzene rings is 2. The molecule has 1 aliphatic rings. The van der Waals surface area contributed by atoms with E-state index in [9.17, 15) is 13.6 Å². The number of hydrogen-bond donors (Lipinski definition) is 0. The lowest BCUT2D eigenvalue weighted by molar-refractivity contribution is -0.117. The van der Waals surface area contributed by atoms with Crippen molar-refractivity contribution in [1.29, 1.82) is 0 Å². The summed E-state index contributed by atoms with van der Waals surface area (Å²) in [4.78, 5) is 18.1. The van der Waals surface area contributed by atoms with Gasteiger partial charge in [-0.05, 0) is 42.5 Å². The summed E-state index contributed by atoms with van der Waals surface area (Å²) in [5.74, 6) is -0.793. The Hall–Kier alpha value is -2.80. The van der Waals surface area contributed by atoms with E-state index in [4.69, 9.17) is 16.1 Å². The van der Waals surface area contributed by atoms with Gasteiger partial charge in [-0.2, -0.15) is 4.98 Å². The molecule has 0 N–H and O–H groups in total. The molecule has 0 aliphatic carbocycles. The Kier molecular flexibility index (Phi) is 4.16. The number of hydrogen-bond acceptors (Lipinski definition) is 4. The Morgan fingerprint density at radius 3 is 2.62 bits per heavy atom. The van der Waals surface area contributed by atoms with E-state index in [-0.39, 0.29) is 35.0 Å². The van der Waals surface area contributed by atoms with Crippen LogP contribution in [0.25, 0.3) is 11.5 Å². The standard InChI is InChI=1S/C18H12ClF2N3O2/c19-15-6-3-12(21)8-14(15)18-22-17(23-26-18)10-7-16(25)24(9-10)13-4-1-11(20)2-5-13/h1-6,8,10H,7,9H2/t10-/m1/s1. The van der Waals surface area contributed by atoms with Crippen molar-refractivity contribution in [2.45, 2.75) is 12.3 Å². The third-order valence-corrected chi connectivity index (χ3v) is 4.56. The smallest absolute Gasteiger partial charge is 0.259 e. The number of anilines is 1. The first-order valence-corrected chi connectivity index (χ1v) is 8.24. The SMILES string of the molecule is O=C1C[C@@H](c2noc(-c3cc(F)ccc3Cl)n2)CN1c1ccc(F)cc1. The number of halogens is 3. The van der Waals surface area contributed by atoms with Crippen LogP contribution >= 0.6 is 11.6 Å². The average molecular weight is 376 g/mol. The number of carbonyl (C=O) groups excluding carboxylic acids is 1. The van der Waals surface area contributed by atoms with Crippen LogP contribution in [0.5, 0.6) is 0 Å². The molecule has 0 saturated carbocycles. The molecule has 0 radical (unpaired) electrons. The molecular formula is C18H12ClF2N3O2. The molecular weight excluding hydrogens is 364 g/mol. The predicted octanol–water partition coefficient (Wildman–Crippen LogP) is 4.19. The maximum Gasteiger partial charge on any atom is 0.259 e. The maximum atomic E-state index is 13.4. The minimum Gasteiger partial charge on any atom is -0.334 e. The second kappa shape index (κ2) is 6.49. The predicted molar refractivity (Wildman–Crippen MR) is 90.8 cm³/mol. The van der Waals surface area contributed by atoms with Crippen LogP contribution in [0.4, 0.5) is 14.5 Å². The Labute approximate surface area is 152 Å². The summed E-state index contributed by atoms with van der Waals surface area (Å²) < 4.78 is 31.7. The zero-order valence-electron chi connectivity index (χ0n) is 13.3. The molecule has 8 heteroatoms. The fraction of sp³-hybridized carbons (Fsp3) is 0.167. The van der Waals surface area contributed by atoms with Crippen LogP contribution in [0.3, 0.4) is 0 Å². The molecule has 5 nitrogen and oxygen atoms in total. The number of carbonyl (C=O) groups is 1. The average Bonchev–Trinajstić information content (AvgIpc) is 3.25. The van der Waals surface area contributed by atoms with Crippen molar-refractivity contribution in [2.24, 2.45) is 0 Å². The van der Waals surface area contributed by atoms with E-state index in [2.05, 4.69) is 10.1 Å². The lowest BCUT2D eigenvalue weighted by atomic mass is 10.1. The monoisotopic (exact) mass is 375 g/mol. The van der Waals surface area contributed by atoms with Crippen LogP contribution in [-0.4, -0.2) is 22.6 Å². The molecule has 2 aromatic carbocycles. The number of aromatic nitrogens is 2. The summed E-state index contributed by atoms with van der Waals surface area (Å²) in [5, 5.41) is 4.20. The molecule has 1 aliphatic heterocycles. The highest BCUT2D eigenvalue weighted by Gasteiger charge is 2.34. The second-order valence-corrected chi connectivity index (χ2v) is 6.37. The van der Waals surface area contributed by atoms with Crippen LogP contribution in [-0.2, 0) is 4.79 Å². The molecule has 0 bridgehead atoms. The van der Waals surface area contributed by atoms with Gasteiger partial charge in [0.15, 0.2) is 5.82 Å². The quantitative estimate of drug-likeness (QED) is 0.688. The van der Waals surface area contributed by atoms with Gasteiger partial charge in [0.05, 0.1) is 10.6 Å². The third-order valence-electron chi connectivity index (χ3n) is 4.23. The maximum absolute atomic E-state index is 13.4. The molecule has 132 valence electrons. The van der Waals surface area contributed by atoms with Crippen molar-refractivity contribution in [3.8, 4) is 11.5 Å². The summed E-state index contributed by atoms with van der Waals surface area (Å²) in [6.45, 7) is 0.348. The summed E-state index contributed by atoms with van der Waals surface area (Å²) in [6.07, 6.45) is 0.202. The summed E-state index contributed by atoms with van der Waals surface area (Å²) in [7, 11) is 0. The summed E-state index contributed by atoms with van der Waals surface area (Å²) >= 11 is 6.05. The van der Waals surface area contributed by atoms with Gasteiger partial charge in [-0.1, -0.05) is 16.8 Å². The zero-order chi connectivity index (χ0) is 18.3. The molecule has 0 unspecified atom stereocenters. The first kappa shape index (κ1) is 16.7. The summed E-state index contributed by atoms with van der Waals surface area (Å²) in [6, 6.07) is 9.55. The third kappa shape index (κ3) is 3.06. The molecule has 26 heavy (non-hydrogen) atoms. The Morgan fingerprint density at radius 1 is 1.12 bits per heavy atom. The molecule has 1 aromatic heterocycles. The molecule has 1 fully saturated rings. The van der Waals surface area contributed by atoms with E-state index in [0.717, 1.165) is 0 Å². The molecule has 4 rings (SSSR count). The summed E-state index contributed by atoms with van der Waals surface area (Å²) in [5.41, 5.74) is 0.904. The van der Waals surface area contributed by atoms with E-state index in [1.165, 1.54) is 30.3 Å². The number of rotatable bonds is 3. The molecule has 1 amide bonds. The first-order valence-electron chi connectivity index (χ1n) is 7.86. The lowest BCUT2D eigenvalue weighted by Crippen LogP contribution is -2.24. The van der Waals surface area contributed by atoms with E-state index in [1.807, 2.05) is 0 Å². The fourth-order valence-electron chi connectivity index (χ4n) is 2.92. The van der Waals surface area contributed by atoms with Gasteiger partial charge in [0, 0.05) is 24.6 Å². The minimum atomic E-state index is -0.470. The molecule has 2 heterocycles. The Balaban J connectivity index is 1.58. The van der Waals surface area contributed by atoms with Crippen molar-refractivity contribution in [3.05, 3.63) is 64.9 Å². The topological polar surface area (TPSA) is 59.2 Å². The van der Waals surface area contributed by atoms with Crippen LogP contribution in [0.1, 0.15) is 18.2 Å². The van der Waals surface area contributed by atoms with Crippen molar-refractivity contribution in [3.63, 3.8) is 0 Å². The van der Waals surface area contributed by atoms with Crippen LogP contribution < -0.4 is 4.90 Å².